The first-order chi connectivity index (χ1) is 9.02. The van der Waals surface area contributed by atoms with Crippen molar-refractivity contribution in [3.8, 4) is 0 Å². The zero-order valence-electron chi connectivity index (χ0n) is 12.5. The van der Waals surface area contributed by atoms with Crippen LogP contribution in [0.5, 0.6) is 0 Å². The number of rotatable bonds is 4. The number of likely N-dealkylation sites (tertiary alicyclic amines) is 1. The van der Waals surface area contributed by atoms with E-state index in [1.807, 2.05) is 18.7 Å². The molecular formula is C13H26N6. The van der Waals surface area contributed by atoms with E-state index in [0.717, 1.165) is 24.6 Å². The molecule has 1 atom stereocenters. The summed E-state index contributed by atoms with van der Waals surface area (Å²) >= 11 is 0. The predicted octanol–water partition coefficient (Wildman–Crippen LogP) is 0.540. The molecule has 0 aromatic carbocycles. The van der Waals surface area contributed by atoms with E-state index in [-0.39, 0.29) is 0 Å². The zero-order valence-corrected chi connectivity index (χ0v) is 12.5. The molecule has 6 heteroatoms. The van der Waals surface area contributed by atoms with Crippen LogP contribution in [0, 0.1) is 6.92 Å². The molecule has 0 bridgehead atoms. The molecular weight excluding hydrogens is 240 g/mol. The number of aryl methyl sites for hydroxylation is 2. The molecule has 0 amide bonds. The summed E-state index contributed by atoms with van der Waals surface area (Å²) in [7, 11) is 6.30. The van der Waals surface area contributed by atoms with Gasteiger partial charge < -0.3 is 10.3 Å². The van der Waals surface area contributed by atoms with Gasteiger partial charge in [-0.15, -0.1) is 0 Å². The number of nitrogens with two attached hydrogens (primary N) is 1. The van der Waals surface area contributed by atoms with Crippen LogP contribution in [-0.4, -0.2) is 52.8 Å². The van der Waals surface area contributed by atoms with Crippen molar-refractivity contribution in [2.75, 3.05) is 32.6 Å². The molecule has 1 saturated heterocycles. The van der Waals surface area contributed by atoms with Crippen molar-refractivity contribution in [1.82, 2.24) is 19.6 Å². The van der Waals surface area contributed by atoms with Crippen LogP contribution < -0.4 is 11.3 Å². The quantitative estimate of drug-likeness (QED) is 0.615. The smallest absolute Gasteiger partial charge is 0.142 e. The van der Waals surface area contributed by atoms with Gasteiger partial charge in [-0.25, -0.2) is 5.84 Å². The molecule has 2 heterocycles. The summed E-state index contributed by atoms with van der Waals surface area (Å²) in [5.41, 5.74) is 5.01. The van der Waals surface area contributed by atoms with Crippen LogP contribution >= 0.6 is 0 Å². The minimum absolute atomic E-state index is 0.615. The van der Waals surface area contributed by atoms with Gasteiger partial charge in [0.2, 0.25) is 0 Å². The highest BCUT2D eigenvalue weighted by atomic mass is 15.4. The molecule has 0 radical (unpaired) electrons. The maximum atomic E-state index is 5.60. The first kappa shape index (κ1) is 14.3. The summed E-state index contributed by atoms with van der Waals surface area (Å²) in [6.45, 7) is 5.28. The highest BCUT2D eigenvalue weighted by Crippen LogP contribution is 2.22. The average Bonchev–Trinajstić information content (AvgIpc) is 2.63. The third-order valence-corrected chi connectivity index (χ3v) is 4.11. The average molecular weight is 266 g/mol. The summed E-state index contributed by atoms with van der Waals surface area (Å²) in [4.78, 5) is 4.82. The highest BCUT2D eigenvalue weighted by molar-refractivity contribution is 5.46. The van der Waals surface area contributed by atoms with Crippen LogP contribution in [0.15, 0.2) is 0 Å². The number of aromatic nitrogens is 2. The lowest BCUT2D eigenvalue weighted by Crippen LogP contribution is -2.44. The fourth-order valence-corrected chi connectivity index (χ4v) is 2.95. The molecule has 6 nitrogen and oxygen atoms in total. The molecule has 1 aliphatic rings. The van der Waals surface area contributed by atoms with E-state index in [9.17, 15) is 0 Å². The number of hydrogen-bond donors (Lipinski definition) is 2. The Hall–Kier alpha value is -1.11. The zero-order chi connectivity index (χ0) is 14.0. The second-order valence-electron chi connectivity index (χ2n) is 5.65. The van der Waals surface area contributed by atoms with E-state index in [2.05, 4.69) is 34.4 Å². The normalized spacial score (nSPS) is 21.1. The van der Waals surface area contributed by atoms with Crippen LogP contribution in [0.4, 0.5) is 5.82 Å². The van der Waals surface area contributed by atoms with Crippen molar-refractivity contribution < 1.29 is 0 Å². The number of anilines is 1. The van der Waals surface area contributed by atoms with Crippen molar-refractivity contribution in [3.05, 3.63) is 11.3 Å². The lowest BCUT2D eigenvalue weighted by atomic mass is 10.0. The number of hydrogen-bond acceptors (Lipinski definition) is 5. The van der Waals surface area contributed by atoms with Crippen molar-refractivity contribution in [2.24, 2.45) is 12.9 Å². The largest absolute Gasteiger partial charge is 0.308 e. The third kappa shape index (κ3) is 3.08. The summed E-state index contributed by atoms with van der Waals surface area (Å²) in [6.07, 6.45) is 2.55. The lowest BCUT2D eigenvalue weighted by Gasteiger charge is -2.35. The van der Waals surface area contributed by atoms with Crippen LogP contribution in [0.2, 0.25) is 0 Å². The number of hydrazine groups is 1. The molecule has 1 aliphatic heterocycles. The van der Waals surface area contributed by atoms with Crippen molar-refractivity contribution in [2.45, 2.75) is 32.4 Å². The van der Waals surface area contributed by atoms with Crippen LogP contribution in [0.25, 0.3) is 0 Å². The Morgan fingerprint density at radius 3 is 2.84 bits per heavy atom. The maximum absolute atomic E-state index is 5.60. The van der Waals surface area contributed by atoms with E-state index >= 15 is 0 Å². The highest BCUT2D eigenvalue weighted by Gasteiger charge is 2.23. The minimum atomic E-state index is 0.615. The fraction of sp³-hybridized carbons (Fsp3) is 0.769. The van der Waals surface area contributed by atoms with E-state index < -0.39 is 0 Å². The van der Waals surface area contributed by atoms with Gasteiger partial charge >= 0.3 is 0 Å². The summed E-state index contributed by atoms with van der Waals surface area (Å²) < 4.78 is 1.81. The number of likely N-dealkylation sites (N-methyl/N-ethyl adjacent to an activating group) is 2. The molecule has 3 N–H and O–H groups in total. The molecule has 0 saturated carbocycles. The molecule has 1 aromatic heterocycles. The SMILES string of the molecule is Cc1nn(C)c(NN)c1CN(C)C1CCCN(C)C1. The minimum Gasteiger partial charge on any atom is -0.308 e. The molecule has 0 aliphatic carbocycles. The van der Waals surface area contributed by atoms with Crippen LogP contribution in [0.1, 0.15) is 24.1 Å². The molecule has 2 rings (SSSR count). The Kier molecular flexibility index (Phi) is 4.44. The number of nitrogens with zero attached hydrogens (tertiary/aromatic N) is 4. The fourth-order valence-electron chi connectivity index (χ4n) is 2.95. The Morgan fingerprint density at radius 2 is 2.21 bits per heavy atom. The summed E-state index contributed by atoms with van der Waals surface area (Å²) in [5, 5.41) is 4.43. The Labute approximate surface area is 115 Å². The van der Waals surface area contributed by atoms with Gasteiger partial charge in [-0.05, 0) is 40.4 Å². The lowest BCUT2D eigenvalue weighted by molar-refractivity contribution is 0.129. The molecule has 19 heavy (non-hydrogen) atoms. The van der Waals surface area contributed by atoms with E-state index in [0.29, 0.717) is 6.04 Å². The van der Waals surface area contributed by atoms with Crippen molar-refractivity contribution in [1.29, 1.82) is 0 Å². The van der Waals surface area contributed by atoms with E-state index in [1.54, 1.807) is 0 Å². The molecule has 1 fully saturated rings. The van der Waals surface area contributed by atoms with Crippen molar-refractivity contribution in [3.63, 3.8) is 0 Å². The number of nitrogen functional groups attached to an aromatic ring is 1. The number of piperidine rings is 1. The Morgan fingerprint density at radius 1 is 1.47 bits per heavy atom. The molecule has 1 aromatic rings. The Balaban J connectivity index is 2.08. The third-order valence-electron chi connectivity index (χ3n) is 4.11. The predicted molar refractivity (Wildman–Crippen MR) is 77.7 cm³/mol. The van der Waals surface area contributed by atoms with Gasteiger partial charge in [-0.1, -0.05) is 0 Å². The first-order valence-corrected chi connectivity index (χ1v) is 6.90. The molecule has 108 valence electrons. The first-order valence-electron chi connectivity index (χ1n) is 6.90. The van der Waals surface area contributed by atoms with Crippen molar-refractivity contribution >= 4 is 5.82 Å². The topological polar surface area (TPSA) is 62.4 Å². The van der Waals surface area contributed by atoms with Gasteiger partial charge in [0.25, 0.3) is 0 Å². The van der Waals surface area contributed by atoms with Gasteiger partial charge in [0.15, 0.2) is 0 Å². The van der Waals surface area contributed by atoms with Gasteiger partial charge in [0, 0.05) is 31.7 Å². The second-order valence-corrected chi connectivity index (χ2v) is 5.65. The van der Waals surface area contributed by atoms with Gasteiger partial charge in [0.05, 0.1) is 5.69 Å². The van der Waals surface area contributed by atoms with Gasteiger partial charge in [-0.2, -0.15) is 5.10 Å². The maximum Gasteiger partial charge on any atom is 0.142 e. The second kappa shape index (κ2) is 5.90. The summed E-state index contributed by atoms with van der Waals surface area (Å²) in [6, 6.07) is 0.615. The van der Waals surface area contributed by atoms with E-state index in [1.165, 1.54) is 24.9 Å². The van der Waals surface area contributed by atoms with Gasteiger partial charge in [0.1, 0.15) is 5.82 Å². The monoisotopic (exact) mass is 266 g/mol. The summed E-state index contributed by atoms with van der Waals surface area (Å²) in [5.74, 6) is 6.51. The van der Waals surface area contributed by atoms with Gasteiger partial charge in [-0.3, -0.25) is 9.58 Å². The molecule has 0 spiro atoms. The Bertz CT molecular complexity index is 427. The standard InChI is InChI=1S/C13H26N6/c1-10-12(13(15-14)19(4)16-10)9-18(3)11-6-5-7-17(2)8-11/h11,15H,5-9,14H2,1-4H3. The molecule has 1 unspecified atom stereocenters. The van der Waals surface area contributed by atoms with Crippen LogP contribution in [-0.2, 0) is 13.6 Å². The number of nitrogens with one attached hydrogen (secondary N) is 1. The van der Waals surface area contributed by atoms with E-state index in [4.69, 9.17) is 5.84 Å². The van der Waals surface area contributed by atoms with Crippen LogP contribution in [0.3, 0.4) is 0 Å².